The molecule has 0 fully saturated rings. The lowest BCUT2D eigenvalue weighted by atomic mass is 10.1. The van der Waals surface area contributed by atoms with Gasteiger partial charge in [-0.05, 0) is 37.3 Å². The molecule has 0 amide bonds. The minimum absolute atomic E-state index is 0.530. The molecule has 0 aliphatic heterocycles. The lowest BCUT2D eigenvalue weighted by molar-refractivity contribution is 0.415. The second-order valence-electron chi connectivity index (χ2n) is 5.78. The third-order valence-corrected chi connectivity index (χ3v) is 5.32. The van der Waals surface area contributed by atoms with E-state index in [1.807, 2.05) is 63.2 Å². The predicted octanol–water partition coefficient (Wildman–Crippen LogP) is 5.33. The molecule has 1 aromatic heterocycles. The largest absolute Gasteiger partial charge is 0.497 e. The first-order valence-electron chi connectivity index (χ1n) is 9.48. The van der Waals surface area contributed by atoms with Gasteiger partial charge in [-0.2, -0.15) is 5.26 Å². The number of ether oxygens (including phenoxy) is 1. The van der Waals surface area contributed by atoms with Gasteiger partial charge in [0.1, 0.15) is 22.8 Å². The fraction of sp³-hybridized carbons (Fsp3) is 0.318. The van der Waals surface area contributed by atoms with Gasteiger partial charge in [0, 0.05) is 28.9 Å². The number of nitriles is 1. The molecule has 1 N–H and O–H groups in total. The van der Waals surface area contributed by atoms with Crippen molar-refractivity contribution < 1.29 is 8.95 Å². The van der Waals surface area contributed by atoms with Crippen molar-refractivity contribution in [2.75, 3.05) is 17.6 Å². The maximum Gasteiger partial charge on any atom is 0.119 e. The predicted molar refractivity (Wildman–Crippen MR) is 118 cm³/mol. The molecule has 6 heteroatoms. The summed E-state index contributed by atoms with van der Waals surface area (Å²) in [5, 5.41) is 10.7. The molecule has 0 radical (unpaired) electrons. The van der Waals surface area contributed by atoms with Crippen molar-refractivity contribution in [3.05, 3.63) is 48.0 Å². The second-order valence-corrected chi connectivity index (χ2v) is 7.25. The standard InChI is InChI=1S/C20H21N3O2S.C2H6/c1-4-23-19-10-9-16(25-3)12-17(19)18(13-21)20(23)14-7-6-8-15(11-14)22-26(24)5-2;1-2/h6-12,22H,4-5H2,1-3H3;1-2H3. The monoisotopic (exact) mass is 397 g/mol. The van der Waals surface area contributed by atoms with Gasteiger partial charge in [0.2, 0.25) is 0 Å². The Hall–Kier alpha value is -2.78. The summed E-state index contributed by atoms with van der Waals surface area (Å²) in [5.74, 6) is 1.26. The number of nitrogens with one attached hydrogen (secondary N) is 1. The number of methoxy groups -OCH3 is 1. The Kier molecular flexibility index (Phi) is 7.65. The number of hydrogen-bond acceptors (Lipinski definition) is 3. The quantitative estimate of drug-likeness (QED) is 0.611. The number of fused-ring (bicyclic) bond motifs is 1. The highest BCUT2D eigenvalue weighted by Gasteiger charge is 2.18. The molecule has 0 aliphatic carbocycles. The fourth-order valence-electron chi connectivity index (χ4n) is 3.14. The van der Waals surface area contributed by atoms with E-state index < -0.39 is 11.0 Å². The van der Waals surface area contributed by atoms with E-state index in [1.54, 1.807) is 7.11 Å². The van der Waals surface area contributed by atoms with Crippen LogP contribution >= 0.6 is 0 Å². The van der Waals surface area contributed by atoms with Crippen LogP contribution in [-0.2, 0) is 17.5 Å². The van der Waals surface area contributed by atoms with Crippen molar-refractivity contribution in [1.82, 2.24) is 4.57 Å². The SMILES string of the molecule is CC.CCn1c(-c2cccc(NS(=O)CC)c2)c(C#N)c2cc(OC)ccc21. The Labute approximate surface area is 169 Å². The number of anilines is 1. The summed E-state index contributed by atoms with van der Waals surface area (Å²) < 4.78 is 22.3. The van der Waals surface area contributed by atoms with E-state index >= 15 is 0 Å². The average Bonchev–Trinajstić information content (AvgIpc) is 3.07. The van der Waals surface area contributed by atoms with Crippen LogP contribution in [0.4, 0.5) is 5.69 Å². The molecule has 2 aromatic carbocycles. The zero-order valence-electron chi connectivity index (χ0n) is 17.1. The van der Waals surface area contributed by atoms with E-state index in [-0.39, 0.29) is 0 Å². The molecule has 0 spiro atoms. The number of benzene rings is 2. The summed E-state index contributed by atoms with van der Waals surface area (Å²) in [6, 6.07) is 15.8. The molecule has 148 valence electrons. The van der Waals surface area contributed by atoms with Crippen LogP contribution in [-0.4, -0.2) is 21.6 Å². The Morgan fingerprint density at radius 2 is 1.93 bits per heavy atom. The Balaban J connectivity index is 0.00000136. The smallest absolute Gasteiger partial charge is 0.119 e. The molecular formula is C22H27N3O2S. The van der Waals surface area contributed by atoms with Gasteiger partial charge < -0.3 is 14.0 Å². The van der Waals surface area contributed by atoms with Gasteiger partial charge >= 0.3 is 0 Å². The second kappa shape index (κ2) is 9.95. The topological polar surface area (TPSA) is 67.0 Å². The summed E-state index contributed by atoms with van der Waals surface area (Å²) in [5.41, 5.74) is 4.17. The first-order chi connectivity index (χ1) is 13.6. The van der Waals surface area contributed by atoms with E-state index in [1.165, 1.54) is 0 Å². The van der Waals surface area contributed by atoms with Crippen LogP contribution in [0.3, 0.4) is 0 Å². The summed E-state index contributed by atoms with van der Waals surface area (Å²) in [6.07, 6.45) is 0. The molecule has 0 bridgehead atoms. The zero-order valence-corrected chi connectivity index (χ0v) is 17.9. The molecule has 1 unspecified atom stereocenters. The van der Waals surface area contributed by atoms with Crippen molar-refractivity contribution in [3.63, 3.8) is 0 Å². The molecular weight excluding hydrogens is 370 g/mol. The lowest BCUT2D eigenvalue weighted by Gasteiger charge is -2.11. The Morgan fingerprint density at radius 3 is 2.54 bits per heavy atom. The first-order valence-corrected chi connectivity index (χ1v) is 10.8. The van der Waals surface area contributed by atoms with Gasteiger partial charge in [0.25, 0.3) is 0 Å². The maximum absolute atomic E-state index is 11.8. The van der Waals surface area contributed by atoms with Crippen molar-refractivity contribution in [2.24, 2.45) is 0 Å². The number of rotatable bonds is 6. The number of aryl methyl sites for hydroxylation is 1. The summed E-state index contributed by atoms with van der Waals surface area (Å²) >= 11 is 0. The van der Waals surface area contributed by atoms with Gasteiger partial charge in [-0.15, -0.1) is 0 Å². The Morgan fingerprint density at radius 1 is 1.18 bits per heavy atom. The molecule has 1 heterocycles. The number of hydrogen-bond donors (Lipinski definition) is 1. The third kappa shape index (κ3) is 4.20. The first kappa shape index (κ1) is 21.5. The van der Waals surface area contributed by atoms with Crippen LogP contribution in [0, 0.1) is 11.3 Å². The molecule has 0 saturated carbocycles. The lowest BCUT2D eigenvalue weighted by Crippen LogP contribution is -2.06. The highest BCUT2D eigenvalue weighted by molar-refractivity contribution is 7.86. The van der Waals surface area contributed by atoms with E-state index in [2.05, 4.69) is 22.3 Å². The van der Waals surface area contributed by atoms with Gasteiger partial charge in [0.15, 0.2) is 0 Å². The molecule has 0 aliphatic rings. The van der Waals surface area contributed by atoms with Crippen LogP contribution in [0.25, 0.3) is 22.2 Å². The highest BCUT2D eigenvalue weighted by atomic mass is 32.2. The summed E-state index contributed by atoms with van der Waals surface area (Å²) in [7, 11) is 0.505. The normalized spacial score (nSPS) is 11.3. The minimum Gasteiger partial charge on any atom is -0.497 e. The van der Waals surface area contributed by atoms with Crippen molar-refractivity contribution in [3.8, 4) is 23.1 Å². The summed E-state index contributed by atoms with van der Waals surface area (Å²) in [4.78, 5) is 0. The van der Waals surface area contributed by atoms with Crippen molar-refractivity contribution in [1.29, 1.82) is 5.26 Å². The molecule has 0 saturated heterocycles. The van der Waals surface area contributed by atoms with Crippen LogP contribution in [0.1, 0.15) is 33.3 Å². The number of nitrogens with zero attached hydrogens (tertiary/aromatic N) is 2. The van der Waals surface area contributed by atoms with Crippen LogP contribution in [0.5, 0.6) is 5.75 Å². The maximum atomic E-state index is 11.8. The molecule has 1 atom stereocenters. The summed E-state index contributed by atoms with van der Waals surface area (Å²) in [6.45, 7) is 8.66. The van der Waals surface area contributed by atoms with E-state index in [9.17, 15) is 9.47 Å². The van der Waals surface area contributed by atoms with Gasteiger partial charge in [-0.25, -0.2) is 4.21 Å². The van der Waals surface area contributed by atoms with Gasteiger partial charge in [-0.1, -0.05) is 32.9 Å². The fourth-order valence-corrected chi connectivity index (χ4v) is 3.67. The van der Waals surface area contributed by atoms with E-state index in [0.717, 1.165) is 40.1 Å². The van der Waals surface area contributed by atoms with Gasteiger partial charge in [0.05, 0.1) is 23.9 Å². The molecule has 28 heavy (non-hydrogen) atoms. The van der Waals surface area contributed by atoms with Crippen LogP contribution in [0.2, 0.25) is 0 Å². The highest BCUT2D eigenvalue weighted by Crippen LogP contribution is 2.36. The third-order valence-electron chi connectivity index (χ3n) is 4.33. The Bertz CT molecular complexity index is 1020. The number of aromatic nitrogens is 1. The van der Waals surface area contributed by atoms with Crippen molar-refractivity contribution in [2.45, 2.75) is 34.2 Å². The van der Waals surface area contributed by atoms with Crippen molar-refractivity contribution >= 4 is 27.6 Å². The van der Waals surface area contributed by atoms with E-state index in [4.69, 9.17) is 4.74 Å². The zero-order chi connectivity index (χ0) is 20.7. The van der Waals surface area contributed by atoms with E-state index in [0.29, 0.717) is 11.3 Å². The average molecular weight is 398 g/mol. The van der Waals surface area contributed by atoms with Crippen LogP contribution < -0.4 is 9.46 Å². The molecule has 5 nitrogen and oxygen atoms in total. The molecule has 3 aromatic rings. The molecule has 3 rings (SSSR count). The minimum atomic E-state index is -1.11. The van der Waals surface area contributed by atoms with Gasteiger partial charge in [-0.3, -0.25) is 0 Å². The van der Waals surface area contributed by atoms with Crippen LogP contribution in [0.15, 0.2) is 42.5 Å².